The summed E-state index contributed by atoms with van der Waals surface area (Å²) in [7, 11) is 1.68. The molecule has 1 saturated heterocycles. The van der Waals surface area contributed by atoms with E-state index in [1.807, 2.05) is 6.20 Å². The van der Waals surface area contributed by atoms with E-state index in [4.69, 9.17) is 4.74 Å². The van der Waals surface area contributed by atoms with Gasteiger partial charge in [-0.1, -0.05) is 6.07 Å². The molecule has 100 valence electrons. The molecule has 1 aliphatic rings. The summed E-state index contributed by atoms with van der Waals surface area (Å²) in [5.74, 6) is 0.706. The Bertz CT molecular complexity index is 591. The topological polar surface area (TPSA) is 37.4 Å². The Morgan fingerprint density at radius 3 is 2.79 bits per heavy atom. The van der Waals surface area contributed by atoms with Gasteiger partial charge in [0.05, 0.1) is 7.11 Å². The molecule has 1 aromatic heterocycles. The van der Waals surface area contributed by atoms with Gasteiger partial charge in [0.25, 0.3) is 0 Å². The van der Waals surface area contributed by atoms with Crippen LogP contribution < -0.4 is 15.0 Å². The Hall–Kier alpha value is -1.81. The van der Waals surface area contributed by atoms with Gasteiger partial charge in [-0.15, -0.1) is 0 Å². The fraction of sp³-hybridized carbons (Fsp3) is 0.400. The van der Waals surface area contributed by atoms with E-state index in [2.05, 4.69) is 40.3 Å². The molecule has 2 aromatic rings. The summed E-state index contributed by atoms with van der Waals surface area (Å²) in [5, 5.41) is 5.75. The fourth-order valence-electron chi connectivity index (χ4n) is 2.75. The van der Waals surface area contributed by atoms with Crippen molar-refractivity contribution in [1.29, 1.82) is 0 Å². The van der Waals surface area contributed by atoms with Crippen LogP contribution in [0.4, 0.5) is 5.69 Å². The number of hydrogen-bond donors (Lipinski definition) is 1. The number of ether oxygens (including phenoxy) is 1. The number of pyridine rings is 1. The number of rotatable bonds is 2. The zero-order valence-corrected chi connectivity index (χ0v) is 11.4. The summed E-state index contributed by atoms with van der Waals surface area (Å²) in [6, 6.07) is 6.36. The molecule has 4 heteroatoms. The molecule has 0 unspecified atom stereocenters. The quantitative estimate of drug-likeness (QED) is 0.892. The minimum atomic E-state index is 0.706. The molecule has 0 aliphatic carbocycles. The summed E-state index contributed by atoms with van der Waals surface area (Å²) in [6.45, 7) is 6.28. The molecule has 0 saturated carbocycles. The molecule has 0 bridgehead atoms. The molecule has 0 amide bonds. The van der Waals surface area contributed by atoms with Crippen molar-refractivity contribution < 1.29 is 4.74 Å². The van der Waals surface area contributed by atoms with E-state index in [9.17, 15) is 0 Å². The van der Waals surface area contributed by atoms with Crippen LogP contribution in [0.5, 0.6) is 5.88 Å². The second kappa shape index (κ2) is 5.05. The van der Waals surface area contributed by atoms with E-state index in [1.165, 1.54) is 16.6 Å². The number of hydrogen-bond acceptors (Lipinski definition) is 4. The number of fused-ring (bicyclic) bond motifs is 1. The van der Waals surface area contributed by atoms with Gasteiger partial charge in [-0.05, 0) is 24.6 Å². The third-order valence-corrected chi connectivity index (χ3v) is 3.69. The molecular weight excluding hydrogens is 238 g/mol. The number of nitrogens with zero attached hydrogens (tertiary/aromatic N) is 2. The van der Waals surface area contributed by atoms with Crippen LogP contribution in [0.1, 0.15) is 5.56 Å². The highest BCUT2D eigenvalue weighted by Gasteiger charge is 2.16. The van der Waals surface area contributed by atoms with E-state index in [0.29, 0.717) is 5.88 Å². The minimum Gasteiger partial charge on any atom is -0.481 e. The molecule has 1 N–H and O–H groups in total. The Labute approximate surface area is 113 Å². The van der Waals surface area contributed by atoms with Gasteiger partial charge in [0, 0.05) is 48.8 Å². The second-order valence-electron chi connectivity index (χ2n) is 4.89. The van der Waals surface area contributed by atoms with Gasteiger partial charge in [0.2, 0.25) is 5.88 Å². The van der Waals surface area contributed by atoms with E-state index < -0.39 is 0 Å². The first kappa shape index (κ1) is 12.2. The zero-order chi connectivity index (χ0) is 13.2. The van der Waals surface area contributed by atoms with Gasteiger partial charge < -0.3 is 15.0 Å². The van der Waals surface area contributed by atoms with Crippen LogP contribution in [-0.4, -0.2) is 38.3 Å². The normalized spacial score (nSPS) is 15.8. The van der Waals surface area contributed by atoms with Crippen LogP contribution in [0.2, 0.25) is 0 Å². The highest BCUT2D eigenvalue weighted by Crippen LogP contribution is 2.33. The van der Waals surface area contributed by atoms with Crippen molar-refractivity contribution >= 4 is 16.5 Å². The largest absolute Gasteiger partial charge is 0.481 e. The molecule has 0 radical (unpaired) electrons. The highest BCUT2D eigenvalue weighted by atomic mass is 16.5. The number of benzene rings is 1. The van der Waals surface area contributed by atoms with Gasteiger partial charge in [-0.3, -0.25) is 0 Å². The molecule has 1 aromatic carbocycles. The maximum absolute atomic E-state index is 5.38. The number of aryl methyl sites for hydroxylation is 1. The predicted molar refractivity (Wildman–Crippen MR) is 78.1 cm³/mol. The third kappa shape index (κ3) is 2.12. The molecule has 4 nitrogen and oxygen atoms in total. The first-order valence-electron chi connectivity index (χ1n) is 6.69. The summed E-state index contributed by atoms with van der Waals surface area (Å²) in [6.07, 6.45) is 1.90. The lowest BCUT2D eigenvalue weighted by molar-refractivity contribution is 0.403. The third-order valence-electron chi connectivity index (χ3n) is 3.69. The number of piperazine rings is 1. The van der Waals surface area contributed by atoms with Gasteiger partial charge in [-0.25, -0.2) is 4.98 Å². The smallest absolute Gasteiger partial charge is 0.221 e. The number of anilines is 1. The number of aromatic nitrogens is 1. The molecule has 3 rings (SSSR count). The minimum absolute atomic E-state index is 0.706. The zero-order valence-electron chi connectivity index (χ0n) is 11.4. The summed E-state index contributed by atoms with van der Waals surface area (Å²) >= 11 is 0. The predicted octanol–water partition coefficient (Wildman–Crippen LogP) is 1.96. The van der Waals surface area contributed by atoms with Crippen LogP contribution in [0.25, 0.3) is 10.8 Å². The lowest BCUT2D eigenvalue weighted by Crippen LogP contribution is -2.43. The second-order valence-corrected chi connectivity index (χ2v) is 4.89. The average molecular weight is 257 g/mol. The molecule has 1 fully saturated rings. The Balaban J connectivity index is 2.18. The Morgan fingerprint density at radius 1 is 1.26 bits per heavy atom. The Kier molecular flexibility index (Phi) is 3.25. The standard InChI is InChI=1S/C15H19N3O/c1-11-10-17-15(19-2)12-4-3-5-13(14(11)12)18-8-6-16-7-9-18/h3-5,10,16H,6-9H2,1-2H3. The molecule has 0 atom stereocenters. The van der Waals surface area contributed by atoms with Crippen molar-refractivity contribution in [1.82, 2.24) is 10.3 Å². The highest BCUT2D eigenvalue weighted by molar-refractivity contribution is 5.99. The molecule has 19 heavy (non-hydrogen) atoms. The van der Waals surface area contributed by atoms with E-state index >= 15 is 0 Å². The van der Waals surface area contributed by atoms with Crippen LogP contribution in [-0.2, 0) is 0 Å². The molecule has 2 heterocycles. The van der Waals surface area contributed by atoms with Crippen molar-refractivity contribution in [3.63, 3.8) is 0 Å². The van der Waals surface area contributed by atoms with Crippen molar-refractivity contribution in [3.05, 3.63) is 30.0 Å². The van der Waals surface area contributed by atoms with Gasteiger partial charge in [-0.2, -0.15) is 0 Å². The number of methoxy groups -OCH3 is 1. The maximum Gasteiger partial charge on any atom is 0.221 e. The van der Waals surface area contributed by atoms with E-state index in [1.54, 1.807) is 7.11 Å². The molecule has 0 spiro atoms. The summed E-state index contributed by atoms with van der Waals surface area (Å²) < 4.78 is 5.38. The lowest BCUT2D eigenvalue weighted by Gasteiger charge is -2.31. The SMILES string of the molecule is COc1ncc(C)c2c(N3CCNCC3)cccc12. The fourth-order valence-corrected chi connectivity index (χ4v) is 2.75. The van der Waals surface area contributed by atoms with Crippen LogP contribution in [0.15, 0.2) is 24.4 Å². The van der Waals surface area contributed by atoms with Crippen molar-refractivity contribution in [2.75, 3.05) is 38.2 Å². The van der Waals surface area contributed by atoms with Crippen LogP contribution >= 0.6 is 0 Å². The lowest BCUT2D eigenvalue weighted by atomic mass is 10.0. The first-order valence-corrected chi connectivity index (χ1v) is 6.69. The van der Waals surface area contributed by atoms with Crippen LogP contribution in [0, 0.1) is 6.92 Å². The Morgan fingerprint density at radius 2 is 2.05 bits per heavy atom. The van der Waals surface area contributed by atoms with Crippen molar-refractivity contribution in [2.24, 2.45) is 0 Å². The maximum atomic E-state index is 5.38. The molecular formula is C15H19N3O. The summed E-state index contributed by atoms with van der Waals surface area (Å²) in [5.41, 5.74) is 2.49. The number of nitrogens with one attached hydrogen (secondary N) is 1. The van der Waals surface area contributed by atoms with Crippen LogP contribution in [0.3, 0.4) is 0 Å². The van der Waals surface area contributed by atoms with Crippen molar-refractivity contribution in [3.8, 4) is 5.88 Å². The van der Waals surface area contributed by atoms with E-state index in [-0.39, 0.29) is 0 Å². The molecule has 1 aliphatic heterocycles. The van der Waals surface area contributed by atoms with Gasteiger partial charge in [0.1, 0.15) is 0 Å². The van der Waals surface area contributed by atoms with Crippen molar-refractivity contribution in [2.45, 2.75) is 6.92 Å². The average Bonchev–Trinajstić information content (AvgIpc) is 2.48. The van der Waals surface area contributed by atoms with Gasteiger partial charge >= 0.3 is 0 Å². The first-order chi connectivity index (χ1) is 9.31. The monoisotopic (exact) mass is 257 g/mol. The van der Waals surface area contributed by atoms with E-state index in [0.717, 1.165) is 31.6 Å². The van der Waals surface area contributed by atoms with Gasteiger partial charge in [0.15, 0.2) is 0 Å². The summed E-state index contributed by atoms with van der Waals surface area (Å²) in [4.78, 5) is 6.79.